The van der Waals surface area contributed by atoms with E-state index in [0.29, 0.717) is 17.8 Å². The second-order valence-electron chi connectivity index (χ2n) is 3.59. The Hall–Kier alpha value is -1.33. The third kappa shape index (κ3) is 2.43. The van der Waals surface area contributed by atoms with Crippen LogP contribution in [-0.4, -0.2) is 15.3 Å². The standard InChI is InChI=1S/C11H12BrN3O/c12-8-3-1-7(2-4-8)5-10(16)9-6-14-15-11(9)13/h1-4,6,10,16H,5H2,(H3,13,14,15). The smallest absolute Gasteiger partial charge is 0.124 e. The summed E-state index contributed by atoms with van der Waals surface area (Å²) in [5, 5.41) is 16.3. The Balaban J connectivity index is 2.10. The van der Waals surface area contributed by atoms with Crippen LogP contribution in [0.5, 0.6) is 0 Å². The van der Waals surface area contributed by atoms with Crippen molar-refractivity contribution in [3.05, 3.63) is 46.1 Å². The summed E-state index contributed by atoms with van der Waals surface area (Å²) in [6.07, 6.45) is 1.45. The van der Waals surface area contributed by atoms with E-state index in [4.69, 9.17) is 5.73 Å². The van der Waals surface area contributed by atoms with Crippen LogP contribution in [0.3, 0.4) is 0 Å². The SMILES string of the molecule is Nc1[nH]ncc1C(O)Cc1ccc(Br)cc1. The van der Waals surface area contributed by atoms with Gasteiger partial charge in [0, 0.05) is 16.5 Å². The number of nitrogens with zero attached hydrogens (tertiary/aromatic N) is 1. The number of nitrogen functional groups attached to an aromatic ring is 1. The molecule has 0 bridgehead atoms. The van der Waals surface area contributed by atoms with E-state index in [1.54, 1.807) is 6.20 Å². The van der Waals surface area contributed by atoms with Gasteiger partial charge < -0.3 is 10.8 Å². The summed E-state index contributed by atoms with van der Waals surface area (Å²) >= 11 is 3.36. The highest BCUT2D eigenvalue weighted by Gasteiger charge is 2.13. The summed E-state index contributed by atoms with van der Waals surface area (Å²) in [4.78, 5) is 0. The summed E-state index contributed by atoms with van der Waals surface area (Å²) in [6.45, 7) is 0. The zero-order valence-electron chi connectivity index (χ0n) is 8.52. The number of benzene rings is 1. The number of H-pyrrole nitrogens is 1. The van der Waals surface area contributed by atoms with Crippen molar-refractivity contribution in [3.63, 3.8) is 0 Å². The largest absolute Gasteiger partial charge is 0.388 e. The van der Waals surface area contributed by atoms with Gasteiger partial charge in [0.05, 0.1) is 12.3 Å². The van der Waals surface area contributed by atoms with Crippen LogP contribution in [0.1, 0.15) is 17.2 Å². The molecule has 84 valence electrons. The number of hydrogen-bond donors (Lipinski definition) is 3. The molecule has 1 aromatic heterocycles. The highest BCUT2D eigenvalue weighted by molar-refractivity contribution is 9.10. The minimum Gasteiger partial charge on any atom is -0.388 e. The van der Waals surface area contributed by atoms with Crippen LogP contribution >= 0.6 is 15.9 Å². The molecule has 0 saturated carbocycles. The topological polar surface area (TPSA) is 74.9 Å². The lowest BCUT2D eigenvalue weighted by Crippen LogP contribution is -2.03. The van der Waals surface area contributed by atoms with Crippen molar-refractivity contribution in [2.45, 2.75) is 12.5 Å². The Bertz CT molecular complexity index is 466. The first-order valence-electron chi connectivity index (χ1n) is 4.88. The number of aliphatic hydroxyl groups excluding tert-OH is 1. The van der Waals surface area contributed by atoms with Crippen LogP contribution < -0.4 is 5.73 Å². The average Bonchev–Trinajstić information content (AvgIpc) is 2.68. The lowest BCUT2D eigenvalue weighted by atomic mass is 10.0. The van der Waals surface area contributed by atoms with Crippen LogP contribution in [0.15, 0.2) is 34.9 Å². The second kappa shape index (κ2) is 4.67. The molecule has 16 heavy (non-hydrogen) atoms. The van der Waals surface area contributed by atoms with Gasteiger partial charge in [0.25, 0.3) is 0 Å². The molecule has 0 radical (unpaired) electrons. The van der Waals surface area contributed by atoms with E-state index < -0.39 is 6.10 Å². The lowest BCUT2D eigenvalue weighted by Gasteiger charge is -2.09. The molecule has 1 heterocycles. The normalized spacial score (nSPS) is 12.6. The van der Waals surface area contributed by atoms with E-state index in [1.165, 1.54) is 0 Å². The molecule has 1 unspecified atom stereocenters. The zero-order chi connectivity index (χ0) is 11.5. The molecular formula is C11H12BrN3O. The van der Waals surface area contributed by atoms with Crippen LogP contribution in [0.2, 0.25) is 0 Å². The van der Waals surface area contributed by atoms with Gasteiger partial charge in [-0.3, -0.25) is 5.10 Å². The van der Waals surface area contributed by atoms with Crippen LogP contribution in [0.4, 0.5) is 5.82 Å². The minimum absolute atomic E-state index is 0.421. The van der Waals surface area contributed by atoms with Crippen molar-refractivity contribution in [1.29, 1.82) is 0 Å². The molecule has 0 saturated heterocycles. The number of aromatic nitrogens is 2. The lowest BCUT2D eigenvalue weighted by molar-refractivity contribution is 0.179. The third-order valence-corrected chi connectivity index (χ3v) is 2.93. The van der Waals surface area contributed by atoms with Crippen molar-refractivity contribution in [2.24, 2.45) is 0 Å². The Morgan fingerprint density at radius 3 is 2.62 bits per heavy atom. The van der Waals surface area contributed by atoms with Gasteiger partial charge in [0.2, 0.25) is 0 Å². The maximum absolute atomic E-state index is 9.96. The van der Waals surface area contributed by atoms with Gasteiger partial charge in [0.1, 0.15) is 5.82 Å². The number of nitrogens with two attached hydrogens (primary N) is 1. The fourth-order valence-corrected chi connectivity index (χ4v) is 1.79. The van der Waals surface area contributed by atoms with Crippen LogP contribution in [0, 0.1) is 0 Å². The maximum atomic E-state index is 9.96. The Kier molecular flexibility index (Phi) is 3.26. The molecule has 0 aliphatic carbocycles. The molecule has 0 fully saturated rings. The fraction of sp³-hybridized carbons (Fsp3) is 0.182. The molecule has 0 amide bonds. The summed E-state index contributed by atoms with van der Waals surface area (Å²) in [5.41, 5.74) is 7.33. The first-order valence-corrected chi connectivity index (χ1v) is 5.67. The van der Waals surface area contributed by atoms with E-state index in [-0.39, 0.29) is 0 Å². The van der Waals surface area contributed by atoms with E-state index in [2.05, 4.69) is 26.1 Å². The van der Waals surface area contributed by atoms with Gasteiger partial charge in [-0.2, -0.15) is 5.10 Å². The second-order valence-corrected chi connectivity index (χ2v) is 4.50. The molecule has 0 spiro atoms. The Morgan fingerprint density at radius 1 is 1.38 bits per heavy atom. The monoisotopic (exact) mass is 281 g/mol. The summed E-state index contributed by atoms with van der Waals surface area (Å²) in [5.74, 6) is 0.421. The van der Waals surface area contributed by atoms with Gasteiger partial charge in [-0.05, 0) is 17.7 Å². The fourth-order valence-electron chi connectivity index (χ4n) is 1.52. The van der Waals surface area contributed by atoms with Crippen LogP contribution in [-0.2, 0) is 6.42 Å². The molecule has 0 aliphatic heterocycles. The molecule has 2 rings (SSSR count). The van der Waals surface area contributed by atoms with Crippen molar-refractivity contribution >= 4 is 21.7 Å². The summed E-state index contributed by atoms with van der Waals surface area (Å²) in [6, 6.07) is 7.81. The first kappa shape index (κ1) is 11.2. The first-order chi connectivity index (χ1) is 7.66. The Labute approximate surface area is 102 Å². The highest BCUT2D eigenvalue weighted by atomic mass is 79.9. The number of hydrogen-bond acceptors (Lipinski definition) is 3. The van der Waals surface area contributed by atoms with Gasteiger partial charge >= 0.3 is 0 Å². The molecule has 5 heteroatoms. The highest BCUT2D eigenvalue weighted by Crippen LogP contribution is 2.22. The number of halogens is 1. The van der Waals surface area contributed by atoms with Crippen LogP contribution in [0.25, 0.3) is 0 Å². The molecule has 1 atom stereocenters. The zero-order valence-corrected chi connectivity index (χ0v) is 10.1. The van der Waals surface area contributed by atoms with Crippen molar-refractivity contribution in [2.75, 3.05) is 5.73 Å². The van der Waals surface area contributed by atoms with E-state index >= 15 is 0 Å². The number of nitrogens with one attached hydrogen (secondary N) is 1. The van der Waals surface area contributed by atoms with Crippen molar-refractivity contribution in [3.8, 4) is 0 Å². The van der Waals surface area contributed by atoms with Gasteiger partial charge in [-0.1, -0.05) is 28.1 Å². The third-order valence-electron chi connectivity index (χ3n) is 2.40. The number of rotatable bonds is 3. The molecule has 4 nitrogen and oxygen atoms in total. The number of anilines is 1. The predicted octanol–water partition coefficient (Wildman–Crippen LogP) is 2.03. The van der Waals surface area contributed by atoms with Gasteiger partial charge in [-0.15, -0.1) is 0 Å². The molecule has 4 N–H and O–H groups in total. The van der Waals surface area contributed by atoms with Gasteiger partial charge in [-0.25, -0.2) is 0 Å². The van der Waals surface area contributed by atoms with E-state index in [1.807, 2.05) is 24.3 Å². The maximum Gasteiger partial charge on any atom is 0.124 e. The number of aliphatic hydroxyl groups is 1. The minimum atomic E-state index is -0.625. The molecule has 2 aromatic rings. The van der Waals surface area contributed by atoms with E-state index in [9.17, 15) is 5.11 Å². The number of aromatic amines is 1. The van der Waals surface area contributed by atoms with Crippen molar-refractivity contribution < 1.29 is 5.11 Å². The molecular weight excluding hydrogens is 270 g/mol. The quantitative estimate of drug-likeness (QED) is 0.806. The Morgan fingerprint density at radius 2 is 2.06 bits per heavy atom. The summed E-state index contributed by atoms with van der Waals surface area (Å²) < 4.78 is 1.02. The van der Waals surface area contributed by atoms with E-state index in [0.717, 1.165) is 10.0 Å². The predicted molar refractivity (Wildman–Crippen MR) is 65.8 cm³/mol. The van der Waals surface area contributed by atoms with Gasteiger partial charge in [0.15, 0.2) is 0 Å². The summed E-state index contributed by atoms with van der Waals surface area (Å²) in [7, 11) is 0. The molecule has 1 aromatic carbocycles. The molecule has 0 aliphatic rings. The van der Waals surface area contributed by atoms with Crippen molar-refractivity contribution in [1.82, 2.24) is 10.2 Å². The average molecular weight is 282 g/mol.